The quantitative estimate of drug-likeness (QED) is 0.757. The molecule has 0 spiro atoms. The van der Waals surface area contributed by atoms with E-state index in [1.165, 1.54) is 5.01 Å². The van der Waals surface area contributed by atoms with Crippen LogP contribution in [0.5, 0.6) is 5.75 Å². The van der Waals surface area contributed by atoms with Gasteiger partial charge in [-0.3, -0.25) is 10.2 Å². The average molecular weight is 425 g/mol. The molecule has 1 aliphatic rings. The first-order valence-corrected chi connectivity index (χ1v) is 10.5. The Bertz CT molecular complexity index is 891. The number of hydrogen-bond acceptors (Lipinski definition) is 5. The Morgan fingerprint density at radius 1 is 1.03 bits per heavy atom. The van der Waals surface area contributed by atoms with Crippen molar-refractivity contribution < 1.29 is 14.3 Å². The molecule has 166 valence electrons. The van der Waals surface area contributed by atoms with E-state index < -0.39 is 11.6 Å². The molecule has 0 aliphatic carbocycles. The monoisotopic (exact) mass is 424 g/mol. The van der Waals surface area contributed by atoms with Crippen molar-refractivity contribution in [1.29, 1.82) is 0 Å². The topological polar surface area (TPSA) is 65.1 Å². The molecule has 7 nitrogen and oxygen atoms in total. The second-order valence-electron chi connectivity index (χ2n) is 9.03. The van der Waals surface area contributed by atoms with Gasteiger partial charge < -0.3 is 14.5 Å². The molecule has 2 amide bonds. The Balaban J connectivity index is 1.67. The van der Waals surface area contributed by atoms with E-state index in [0.717, 1.165) is 25.2 Å². The Labute approximate surface area is 184 Å². The number of nitrogens with one attached hydrogen (secondary N) is 1. The number of carbonyl (C=O) groups excluding carboxylic acids is 2. The lowest BCUT2D eigenvalue weighted by Gasteiger charge is -2.34. The van der Waals surface area contributed by atoms with Gasteiger partial charge in [-0.1, -0.05) is 18.2 Å². The zero-order valence-corrected chi connectivity index (χ0v) is 19.0. The molecule has 7 heteroatoms. The number of para-hydroxylation sites is 1. The van der Waals surface area contributed by atoms with Crippen LogP contribution in [0.1, 0.15) is 37.6 Å². The third kappa shape index (κ3) is 5.76. The van der Waals surface area contributed by atoms with E-state index in [-0.39, 0.29) is 5.91 Å². The van der Waals surface area contributed by atoms with E-state index in [1.807, 2.05) is 39.0 Å². The Morgan fingerprint density at radius 2 is 1.68 bits per heavy atom. The van der Waals surface area contributed by atoms with Crippen LogP contribution in [-0.2, 0) is 0 Å². The van der Waals surface area contributed by atoms with Crippen molar-refractivity contribution in [3.05, 3.63) is 60.2 Å². The SMILES string of the molecule is CN(C)[C@H]1CCN(c2ccc(C(=O)NN(C(=O)Oc3ccccc3)C(C)(C)C)cc2)C1. The zero-order chi connectivity index (χ0) is 22.6. The molecule has 2 aromatic rings. The van der Waals surface area contributed by atoms with Crippen molar-refractivity contribution in [3.8, 4) is 5.75 Å². The minimum atomic E-state index is -0.668. The van der Waals surface area contributed by atoms with Crippen LogP contribution in [0.4, 0.5) is 10.5 Å². The van der Waals surface area contributed by atoms with Gasteiger partial charge in [0, 0.05) is 30.4 Å². The van der Waals surface area contributed by atoms with E-state index in [0.29, 0.717) is 17.4 Å². The number of hydrogen-bond donors (Lipinski definition) is 1. The van der Waals surface area contributed by atoms with Gasteiger partial charge in [-0.15, -0.1) is 0 Å². The number of anilines is 1. The first-order valence-electron chi connectivity index (χ1n) is 10.5. The van der Waals surface area contributed by atoms with Gasteiger partial charge in [0.15, 0.2) is 0 Å². The fourth-order valence-corrected chi connectivity index (χ4v) is 3.51. The lowest BCUT2D eigenvalue weighted by Crippen LogP contribution is -2.56. The number of amides is 2. The van der Waals surface area contributed by atoms with Gasteiger partial charge in [-0.05, 0) is 77.7 Å². The third-order valence-corrected chi connectivity index (χ3v) is 5.40. The molecular formula is C24H32N4O3. The molecule has 0 radical (unpaired) electrons. The normalized spacial score (nSPS) is 16.3. The van der Waals surface area contributed by atoms with Crippen molar-refractivity contribution in [2.24, 2.45) is 0 Å². The summed E-state index contributed by atoms with van der Waals surface area (Å²) in [6.07, 6.45) is 0.481. The summed E-state index contributed by atoms with van der Waals surface area (Å²) in [7, 11) is 4.21. The third-order valence-electron chi connectivity index (χ3n) is 5.40. The minimum absolute atomic E-state index is 0.362. The molecule has 0 unspecified atom stereocenters. The van der Waals surface area contributed by atoms with E-state index >= 15 is 0 Å². The van der Waals surface area contributed by atoms with Crippen molar-refractivity contribution in [2.45, 2.75) is 38.8 Å². The summed E-state index contributed by atoms with van der Waals surface area (Å²) in [4.78, 5) is 30.1. The molecule has 1 heterocycles. The van der Waals surface area contributed by atoms with Gasteiger partial charge in [0.2, 0.25) is 0 Å². The highest BCUT2D eigenvalue weighted by molar-refractivity contribution is 5.95. The van der Waals surface area contributed by atoms with Crippen LogP contribution in [0, 0.1) is 0 Å². The molecule has 3 rings (SSSR count). The van der Waals surface area contributed by atoms with Crippen LogP contribution in [-0.4, -0.2) is 60.7 Å². The summed E-state index contributed by atoms with van der Waals surface area (Å²) in [6, 6.07) is 16.8. The van der Waals surface area contributed by atoms with Crippen LogP contribution >= 0.6 is 0 Å². The van der Waals surface area contributed by atoms with Gasteiger partial charge in [-0.25, -0.2) is 9.80 Å². The van der Waals surface area contributed by atoms with Gasteiger partial charge in [0.1, 0.15) is 5.75 Å². The minimum Gasteiger partial charge on any atom is -0.409 e. The summed E-state index contributed by atoms with van der Waals surface area (Å²) >= 11 is 0. The van der Waals surface area contributed by atoms with Crippen LogP contribution in [0.2, 0.25) is 0 Å². The second-order valence-corrected chi connectivity index (χ2v) is 9.03. The number of carbonyl (C=O) groups is 2. The maximum absolute atomic E-state index is 12.9. The summed E-state index contributed by atoms with van der Waals surface area (Å²) in [5.74, 6) is 0.0565. The fraction of sp³-hybridized carbons (Fsp3) is 0.417. The zero-order valence-electron chi connectivity index (χ0n) is 19.0. The molecule has 1 N–H and O–H groups in total. The van der Waals surface area contributed by atoms with Gasteiger partial charge >= 0.3 is 6.09 Å². The Hall–Kier alpha value is -3.06. The van der Waals surface area contributed by atoms with Crippen LogP contribution < -0.4 is 15.1 Å². The van der Waals surface area contributed by atoms with E-state index in [9.17, 15) is 9.59 Å². The Kier molecular flexibility index (Phi) is 6.85. The summed E-state index contributed by atoms with van der Waals surface area (Å²) in [5.41, 5.74) is 3.61. The van der Waals surface area contributed by atoms with Gasteiger partial charge in [0.25, 0.3) is 5.91 Å². The molecule has 1 saturated heterocycles. The highest BCUT2D eigenvalue weighted by atomic mass is 16.6. The number of ether oxygens (including phenoxy) is 1. The summed E-state index contributed by atoms with van der Waals surface area (Å²) < 4.78 is 5.42. The number of nitrogens with zero attached hydrogens (tertiary/aromatic N) is 3. The van der Waals surface area contributed by atoms with E-state index in [1.54, 1.807) is 36.4 Å². The predicted molar refractivity (Wildman–Crippen MR) is 122 cm³/mol. The lowest BCUT2D eigenvalue weighted by molar-refractivity contribution is 0.0527. The van der Waals surface area contributed by atoms with Crippen LogP contribution in [0.25, 0.3) is 0 Å². The molecule has 2 aromatic carbocycles. The first-order chi connectivity index (χ1) is 14.6. The number of hydrazine groups is 1. The first kappa shape index (κ1) is 22.6. The van der Waals surface area contributed by atoms with Crippen molar-refractivity contribution in [1.82, 2.24) is 15.3 Å². The molecule has 1 aliphatic heterocycles. The van der Waals surface area contributed by atoms with Gasteiger partial charge in [-0.2, -0.15) is 0 Å². The smallest absolute Gasteiger partial charge is 0.409 e. The molecule has 0 saturated carbocycles. The highest BCUT2D eigenvalue weighted by Crippen LogP contribution is 2.23. The molecule has 31 heavy (non-hydrogen) atoms. The number of benzene rings is 2. The summed E-state index contributed by atoms with van der Waals surface area (Å²) in [6.45, 7) is 7.46. The molecule has 1 fully saturated rings. The average Bonchev–Trinajstić information content (AvgIpc) is 3.22. The molecule has 0 aromatic heterocycles. The predicted octanol–water partition coefficient (Wildman–Crippen LogP) is 3.77. The van der Waals surface area contributed by atoms with Crippen LogP contribution in [0.15, 0.2) is 54.6 Å². The maximum atomic E-state index is 12.9. The van der Waals surface area contributed by atoms with Crippen molar-refractivity contribution >= 4 is 17.7 Å². The fourth-order valence-electron chi connectivity index (χ4n) is 3.51. The van der Waals surface area contributed by atoms with Gasteiger partial charge in [0.05, 0.1) is 5.54 Å². The highest BCUT2D eigenvalue weighted by Gasteiger charge is 2.31. The largest absolute Gasteiger partial charge is 0.434 e. The maximum Gasteiger partial charge on any atom is 0.434 e. The number of rotatable bonds is 4. The van der Waals surface area contributed by atoms with Crippen molar-refractivity contribution in [3.63, 3.8) is 0 Å². The summed E-state index contributed by atoms with van der Waals surface area (Å²) in [5, 5.41) is 1.22. The van der Waals surface area contributed by atoms with Crippen molar-refractivity contribution in [2.75, 3.05) is 32.1 Å². The van der Waals surface area contributed by atoms with Crippen LogP contribution in [0.3, 0.4) is 0 Å². The standard InChI is InChI=1S/C24H32N4O3/c1-24(2,3)28(23(30)31-21-9-7-6-8-10-21)25-22(29)18-11-13-19(14-12-18)27-16-15-20(17-27)26(4)5/h6-14,20H,15-17H2,1-5H3,(H,25,29)/t20-/m0/s1. The second kappa shape index (κ2) is 9.39. The lowest BCUT2D eigenvalue weighted by atomic mass is 10.1. The number of likely N-dealkylation sites (N-methyl/N-ethyl adjacent to an activating group) is 1. The molecule has 1 atom stereocenters. The van der Waals surface area contributed by atoms with E-state index in [4.69, 9.17) is 4.74 Å². The Morgan fingerprint density at radius 3 is 2.23 bits per heavy atom. The molecule has 0 bridgehead atoms. The van der Waals surface area contributed by atoms with E-state index in [2.05, 4.69) is 29.3 Å². The molecular weight excluding hydrogens is 392 g/mol.